The number of carbonyl (C=O) groups excluding carboxylic acids is 1. The molecule has 1 aliphatic rings. The summed E-state index contributed by atoms with van der Waals surface area (Å²) in [6.45, 7) is 2.10. The van der Waals surface area contributed by atoms with Crippen LogP contribution >= 0.6 is 23.2 Å². The third-order valence-electron chi connectivity index (χ3n) is 4.52. The van der Waals surface area contributed by atoms with Gasteiger partial charge in [0.1, 0.15) is 0 Å². The number of aryl methyl sites for hydroxylation is 1. The lowest BCUT2D eigenvalue weighted by Gasteiger charge is -2.34. The number of nitrogens with zero attached hydrogens (tertiary/aromatic N) is 3. The number of amides is 1. The van der Waals surface area contributed by atoms with Gasteiger partial charge >= 0.3 is 5.97 Å². The van der Waals surface area contributed by atoms with Crippen molar-refractivity contribution in [2.24, 2.45) is 0 Å². The van der Waals surface area contributed by atoms with E-state index in [1.807, 2.05) is 0 Å². The second-order valence-electron chi connectivity index (χ2n) is 6.31. The van der Waals surface area contributed by atoms with Crippen LogP contribution < -0.4 is 0 Å². The summed E-state index contributed by atoms with van der Waals surface area (Å²) in [6, 6.07) is 6.64. The van der Waals surface area contributed by atoms with Gasteiger partial charge in [-0.15, -0.1) is 0 Å². The number of likely N-dealkylation sites (tertiary alicyclic amines) is 1. The van der Waals surface area contributed by atoms with Gasteiger partial charge in [-0.05, 0) is 31.2 Å². The van der Waals surface area contributed by atoms with Gasteiger partial charge in [0, 0.05) is 36.6 Å². The molecule has 0 bridgehead atoms. The number of benzene rings is 1. The molecule has 0 aliphatic carbocycles. The molecule has 26 heavy (non-hydrogen) atoms. The second kappa shape index (κ2) is 6.90. The van der Waals surface area contributed by atoms with Crippen molar-refractivity contribution in [1.82, 2.24) is 14.7 Å². The minimum Gasteiger partial charge on any atom is -0.479 e. The molecule has 3 rings (SSSR count). The van der Waals surface area contributed by atoms with Gasteiger partial charge in [0.15, 0.2) is 11.3 Å². The Bertz CT molecular complexity index is 873. The largest absolute Gasteiger partial charge is 0.479 e. The van der Waals surface area contributed by atoms with Crippen LogP contribution in [0.4, 0.5) is 0 Å². The molecular formula is C17H17Cl2N3O4. The first kappa shape index (κ1) is 18.7. The lowest BCUT2D eigenvalue weighted by Crippen LogP contribution is -2.50. The molecule has 0 spiro atoms. The number of carboxylic acids is 1. The molecule has 1 aromatic heterocycles. The van der Waals surface area contributed by atoms with Crippen LogP contribution in [0.15, 0.2) is 24.3 Å². The Balaban J connectivity index is 1.81. The molecule has 1 saturated heterocycles. The van der Waals surface area contributed by atoms with Crippen LogP contribution in [0.2, 0.25) is 10.0 Å². The number of carbonyl (C=O) groups is 2. The predicted octanol–water partition coefficient (Wildman–Crippen LogP) is 2.54. The van der Waals surface area contributed by atoms with E-state index < -0.39 is 11.6 Å². The van der Waals surface area contributed by atoms with E-state index in [0.29, 0.717) is 15.7 Å². The fourth-order valence-corrected chi connectivity index (χ4v) is 3.42. The number of hydrogen-bond acceptors (Lipinski definition) is 4. The molecule has 0 radical (unpaired) electrons. The summed E-state index contributed by atoms with van der Waals surface area (Å²) >= 11 is 12.1. The quantitative estimate of drug-likeness (QED) is 0.829. The maximum atomic E-state index is 12.7. The summed E-state index contributed by atoms with van der Waals surface area (Å²) in [5, 5.41) is 24.3. The number of piperidine rings is 1. The summed E-state index contributed by atoms with van der Waals surface area (Å²) in [5.74, 6) is -1.58. The molecule has 0 unspecified atom stereocenters. The number of aliphatic carboxylic acids is 1. The Morgan fingerprint density at radius 3 is 2.42 bits per heavy atom. The van der Waals surface area contributed by atoms with Gasteiger partial charge in [0.05, 0.1) is 10.7 Å². The van der Waals surface area contributed by atoms with Crippen LogP contribution in [0.5, 0.6) is 0 Å². The number of aromatic nitrogens is 2. The first-order valence-electron chi connectivity index (χ1n) is 7.98. The van der Waals surface area contributed by atoms with Crippen molar-refractivity contribution in [2.75, 3.05) is 13.1 Å². The van der Waals surface area contributed by atoms with Gasteiger partial charge in [-0.1, -0.05) is 23.2 Å². The molecule has 2 heterocycles. The zero-order chi connectivity index (χ0) is 19.1. The lowest BCUT2D eigenvalue weighted by atomic mass is 9.91. The molecule has 2 N–H and O–H groups in total. The normalized spacial score (nSPS) is 16.5. The third kappa shape index (κ3) is 3.42. The molecule has 138 valence electrons. The Labute approximate surface area is 159 Å². The van der Waals surface area contributed by atoms with E-state index in [4.69, 9.17) is 28.3 Å². The molecule has 1 fully saturated rings. The van der Waals surface area contributed by atoms with Crippen LogP contribution in [-0.4, -0.2) is 55.5 Å². The van der Waals surface area contributed by atoms with Gasteiger partial charge in [-0.3, -0.25) is 4.79 Å². The average molecular weight is 398 g/mol. The Morgan fingerprint density at radius 2 is 1.85 bits per heavy atom. The van der Waals surface area contributed by atoms with Crippen molar-refractivity contribution in [1.29, 1.82) is 0 Å². The van der Waals surface area contributed by atoms with E-state index in [0.717, 1.165) is 5.69 Å². The van der Waals surface area contributed by atoms with Crippen molar-refractivity contribution < 1.29 is 19.8 Å². The minimum atomic E-state index is -1.77. The Hall–Kier alpha value is -2.09. The summed E-state index contributed by atoms with van der Waals surface area (Å²) in [4.78, 5) is 25.3. The highest BCUT2D eigenvalue weighted by atomic mass is 35.5. The minimum absolute atomic E-state index is 0.0171. The van der Waals surface area contributed by atoms with E-state index in [2.05, 4.69) is 5.10 Å². The Kier molecular flexibility index (Phi) is 4.96. The van der Waals surface area contributed by atoms with Crippen molar-refractivity contribution in [3.05, 3.63) is 45.7 Å². The molecule has 2 aromatic rings. The fraction of sp³-hybridized carbons (Fsp3) is 0.353. The zero-order valence-corrected chi connectivity index (χ0v) is 15.5. The topological polar surface area (TPSA) is 95.7 Å². The number of hydrogen-bond donors (Lipinski definition) is 2. The predicted molar refractivity (Wildman–Crippen MR) is 96.0 cm³/mol. The number of carboxylic acid groups (broad SMARTS) is 1. The highest BCUT2D eigenvalue weighted by Gasteiger charge is 2.40. The lowest BCUT2D eigenvalue weighted by molar-refractivity contribution is -0.162. The Morgan fingerprint density at radius 1 is 1.19 bits per heavy atom. The van der Waals surface area contributed by atoms with E-state index in [-0.39, 0.29) is 37.5 Å². The van der Waals surface area contributed by atoms with E-state index in [9.17, 15) is 14.7 Å². The van der Waals surface area contributed by atoms with E-state index >= 15 is 0 Å². The standard InChI is InChI=1S/C17H17Cl2N3O4/c1-10-8-13(20-22(10)14-3-2-11(18)9-12(14)19)15(23)21-6-4-17(26,5-7-21)16(24)25/h2-3,8-9,26H,4-7H2,1H3,(H,24,25). The van der Waals surface area contributed by atoms with Crippen LogP contribution in [0.1, 0.15) is 29.0 Å². The smallest absolute Gasteiger partial charge is 0.335 e. The molecule has 1 amide bonds. The van der Waals surface area contributed by atoms with Crippen LogP contribution in [0.25, 0.3) is 5.69 Å². The van der Waals surface area contributed by atoms with E-state index in [1.54, 1.807) is 35.9 Å². The second-order valence-corrected chi connectivity index (χ2v) is 7.15. The number of aliphatic hydroxyl groups is 1. The fourth-order valence-electron chi connectivity index (χ4n) is 2.93. The van der Waals surface area contributed by atoms with E-state index in [1.165, 1.54) is 4.90 Å². The van der Waals surface area contributed by atoms with Crippen molar-refractivity contribution >= 4 is 35.1 Å². The molecule has 9 heteroatoms. The molecule has 0 atom stereocenters. The zero-order valence-electron chi connectivity index (χ0n) is 13.9. The molecule has 7 nitrogen and oxygen atoms in total. The third-order valence-corrected chi connectivity index (χ3v) is 5.06. The highest BCUT2D eigenvalue weighted by Crippen LogP contribution is 2.27. The van der Waals surface area contributed by atoms with Crippen molar-refractivity contribution in [3.8, 4) is 5.69 Å². The molecule has 1 aromatic carbocycles. The summed E-state index contributed by atoms with van der Waals surface area (Å²) in [5.41, 5.74) is -0.222. The first-order valence-corrected chi connectivity index (χ1v) is 8.74. The van der Waals surface area contributed by atoms with Crippen LogP contribution in [0, 0.1) is 6.92 Å². The van der Waals surface area contributed by atoms with Gasteiger partial charge in [0.2, 0.25) is 0 Å². The highest BCUT2D eigenvalue weighted by molar-refractivity contribution is 6.35. The van der Waals surface area contributed by atoms with Crippen molar-refractivity contribution in [2.45, 2.75) is 25.4 Å². The van der Waals surface area contributed by atoms with Gasteiger partial charge < -0.3 is 15.1 Å². The first-order chi connectivity index (χ1) is 12.2. The maximum Gasteiger partial charge on any atom is 0.335 e. The van der Waals surface area contributed by atoms with Crippen LogP contribution in [0.3, 0.4) is 0 Å². The molecule has 0 saturated carbocycles. The number of rotatable bonds is 3. The molecule has 1 aliphatic heterocycles. The average Bonchev–Trinajstić information content (AvgIpc) is 2.96. The monoisotopic (exact) mass is 397 g/mol. The van der Waals surface area contributed by atoms with Gasteiger partial charge in [-0.25, -0.2) is 9.48 Å². The van der Waals surface area contributed by atoms with Gasteiger partial charge in [0.25, 0.3) is 5.91 Å². The van der Waals surface area contributed by atoms with Gasteiger partial charge in [-0.2, -0.15) is 5.10 Å². The summed E-state index contributed by atoms with van der Waals surface area (Å²) < 4.78 is 1.56. The summed E-state index contributed by atoms with van der Waals surface area (Å²) in [6.07, 6.45) is -0.0342. The SMILES string of the molecule is Cc1cc(C(=O)N2CCC(O)(C(=O)O)CC2)nn1-c1ccc(Cl)cc1Cl. The summed E-state index contributed by atoms with van der Waals surface area (Å²) in [7, 11) is 0. The maximum absolute atomic E-state index is 12.7. The van der Waals surface area contributed by atoms with Crippen LogP contribution in [-0.2, 0) is 4.79 Å². The number of halogens is 2. The molecular weight excluding hydrogens is 381 g/mol. The van der Waals surface area contributed by atoms with Crippen molar-refractivity contribution in [3.63, 3.8) is 0 Å².